The maximum absolute atomic E-state index is 13.4. The summed E-state index contributed by atoms with van der Waals surface area (Å²) in [6.45, 7) is -0.182. The van der Waals surface area contributed by atoms with Gasteiger partial charge in [0.05, 0.1) is 13.1 Å². The lowest BCUT2D eigenvalue weighted by atomic mass is 10.2. The van der Waals surface area contributed by atoms with Gasteiger partial charge < -0.3 is 19.2 Å². The first-order valence-corrected chi connectivity index (χ1v) is 8.14. The molecule has 1 N–H and O–H groups in total. The van der Waals surface area contributed by atoms with E-state index in [9.17, 15) is 14.3 Å². The highest BCUT2D eigenvalue weighted by Gasteiger charge is 2.35. The van der Waals surface area contributed by atoms with Crippen LogP contribution < -0.4 is 4.74 Å². The number of carbonyl (C=O) groups excluding carboxylic acids is 1. The van der Waals surface area contributed by atoms with E-state index in [0.29, 0.717) is 5.75 Å². The second kappa shape index (κ2) is 6.72. The van der Waals surface area contributed by atoms with E-state index >= 15 is 0 Å². The van der Waals surface area contributed by atoms with Gasteiger partial charge in [0.2, 0.25) is 5.89 Å². The summed E-state index contributed by atoms with van der Waals surface area (Å²) in [6, 6.07) is 9.35. The maximum atomic E-state index is 13.4. The van der Waals surface area contributed by atoms with Crippen LogP contribution in [0.15, 0.2) is 47.2 Å². The number of aliphatic hydroxyl groups excluding tert-OH is 1. The van der Waals surface area contributed by atoms with Gasteiger partial charge in [0.25, 0.3) is 5.91 Å². The molecule has 26 heavy (non-hydrogen) atoms. The van der Waals surface area contributed by atoms with E-state index in [-0.39, 0.29) is 31.3 Å². The van der Waals surface area contributed by atoms with Gasteiger partial charge in [0.15, 0.2) is 12.3 Å². The first-order chi connectivity index (χ1) is 12.6. The van der Waals surface area contributed by atoms with Crippen LogP contribution in [0.25, 0.3) is 10.9 Å². The van der Waals surface area contributed by atoms with Crippen molar-refractivity contribution < 1.29 is 23.4 Å². The molecule has 0 spiro atoms. The van der Waals surface area contributed by atoms with Crippen LogP contribution in [-0.2, 0) is 6.61 Å². The van der Waals surface area contributed by atoms with Crippen molar-refractivity contribution >= 4 is 16.8 Å². The van der Waals surface area contributed by atoms with Crippen molar-refractivity contribution in [3.63, 3.8) is 0 Å². The number of oxazole rings is 1. The molecule has 3 aromatic rings. The number of halogens is 1. The first kappa shape index (κ1) is 16.5. The Balaban J connectivity index is 1.45. The Hall–Kier alpha value is -3.00. The van der Waals surface area contributed by atoms with Crippen molar-refractivity contribution in [1.29, 1.82) is 0 Å². The van der Waals surface area contributed by atoms with Gasteiger partial charge in [-0.3, -0.25) is 9.78 Å². The Morgan fingerprint density at radius 2 is 2.19 bits per heavy atom. The number of aliphatic hydroxyl groups is 1. The number of hydrogen-bond acceptors (Lipinski definition) is 6. The molecule has 0 bridgehead atoms. The largest absolute Gasteiger partial charge is 0.482 e. The molecule has 2 atom stereocenters. The lowest BCUT2D eigenvalue weighted by Gasteiger charge is -2.12. The molecule has 1 aliphatic heterocycles. The molecule has 1 saturated heterocycles. The van der Waals surface area contributed by atoms with Crippen molar-refractivity contribution in [2.75, 3.05) is 13.1 Å². The van der Waals surface area contributed by atoms with Gasteiger partial charge in [-0.1, -0.05) is 18.2 Å². The number of pyridine rings is 1. The number of likely N-dealkylation sites (tertiary alicyclic amines) is 1. The molecule has 1 amide bonds. The molecular weight excluding hydrogens is 341 g/mol. The SMILES string of the molecule is O=C(c1coc(COc2cccc3cccnc23)n1)N1CC(O)C(F)C1. The fraction of sp³-hybridized carbons (Fsp3) is 0.278. The maximum Gasteiger partial charge on any atom is 0.276 e. The average Bonchev–Trinajstić information content (AvgIpc) is 3.26. The van der Waals surface area contributed by atoms with Gasteiger partial charge in [0, 0.05) is 11.6 Å². The molecule has 8 heteroatoms. The second-order valence-electron chi connectivity index (χ2n) is 6.04. The molecule has 1 aliphatic rings. The lowest BCUT2D eigenvalue weighted by molar-refractivity contribution is 0.0758. The Morgan fingerprint density at radius 1 is 1.35 bits per heavy atom. The molecule has 1 aromatic carbocycles. The lowest BCUT2D eigenvalue weighted by Crippen LogP contribution is -2.29. The highest BCUT2D eigenvalue weighted by molar-refractivity contribution is 5.92. The monoisotopic (exact) mass is 357 g/mol. The number of nitrogens with zero attached hydrogens (tertiary/aromatic N) is 3. The van der Waals surface area contributed by atoms with E-state index in [1.165, 1.54) is 11.2 Å². The molecule has 2 aromatic heterocycles. The highest BCUT2D eigenvalue weighted by atomic mass is 19.1. The van der Waals surface area contributed by atoms with Crippen LogP contribution in [0, 0.1) is 0 Å². The smallest absolute Gasteiger partial charge is 0.276 e. The molecule has 2 unspecified atom stereocenters. The molecule has 3 heterocycles. The zero-order valence-corrected chi connectivity index (χ0v) is 13.7. The summed E-state index contributed by atoms with van der Waals surface area (Å²) in [4.78, 5) is 21.9. The Morgan fingerprint density at radius 3 is 3.00 bits per heavy atom. The fourth-order valence-electron chi connectivity index (χ4n) is 2.88. The summed E-state index contributed by atoms with van der Waals surface area (Å²) >= 11 is 0. The second-order valence-corrected chi connectivity index (χ2v) is 6.04. The summed E-state index contributed by atoms with van der Waals surface area (Å²) < 4.78 is 24.4. The molecule has 7 nitrogen and oxygen atoms in total. The molecule has 0 saturated carbocycles. The molecule has 0 radical (unpaired) electrons. The molecule has 0 aliphatic carbocycles. The normalized spacial score (nSPS) is 19.8. The topological polar surface area (TPSA) is 88.7 Å². The van der Waals surface area contributed by atoms with Gasteiger partial charge >= 0.3 is 0 Å². The predicted octanol–water partition coefficient (Wildman–Crippen LogP) is 1.96. The van der Waals surface area contributed by atoms with Crippen LogP contribution in [0.5, 0.6) is 5.75 Å². The van der Waals surface area contributed by atoms with Crippen molar-refractivity contribution in [2.45, 2.75) is 18.9 Å². The minimum absolute atomic E-state index is 0.0251. The Bertz CT molecular complexity index is 930. The van der Waals surface area contributed by atoms with Crippen LogP contribution in [0.4, 0.5) is 4.39 Å². The summed E-state index contributed by atoms with van der Waals surface area (Å²) in [5.74, 6) is 0.320. The van der Waals surface area contributed by atoms with Gasteiger partial charge in [0.1, 0.15) is 29.8 Å². The number of benzene rings is 1. The molecule has 1 fully saturated rings. The highest BCUT2D eigenvalue weighted by Crippen LogP contribution is 2.24. The number of amides is 1. The number of aromatic nitrogens is 2. The predicted molar refractivity (Wildman–Crippen MR) is 89.4 cm³/mol. The van der Waals surface area contributed by atoms with E-state index in [1.54, 1.807) is 12.3 Å². The van der Waals surface area contributed by atoms with Crippen molar-refractivity contribution in [3.05, 3.63) is 54.4 Å². The van der Waals surface area contributed by atoms with E-state index in [4.69, 9.17) is 9.15 Å². The molecule has 4 rings (SSSR count). The summed E-state index contributed by atoms with van der Waals surface area (Å²) in [5, 5.41) is 10.4. The standard InChI is InChI=1S/C18H16FN3O4/c19-12-7-22(8-14(12)23)18(24)13-9-26-16(21-13)10-25-15-5-1-3-11-4-2-6-20-17(11)15/h1-6,9,12,14,23H,7-8,10H2. The van der Waals surface area contributed by atoms with Gasteiger partial charge in [-0.2, -0.15) is 0 Å². The summed E-state index contributed by atoms with van der Waals surface area (Å²) in [5.41, 5.74) is 0.777. The van der Waals surface area contributed by atoms with Crippen LogP contribution in [0.2, 0.25) is 0 Å². The van der Waals surface area contributed by atoms with E-state index in [1.807, 2.05) is 24.3 Å². The number of fused-ring (bicyclic) bond motifs is 1. The number of para-hydroxylation sites is 1. The van der Waals surface area contributed by atoms with E-state index < -0.39 is 18.2 Å². The van der Waals surface area contributed by atoms with Crippen molar-refractivity contribution in [1.82, 2.24) is 14.9 Å². The Labute approximate surface area is 148 Å². The Kier molecular flexibility index (Phi) is 4.26. The third-order valence-electron chi connectivity index (χ3n) is 4.22. The minimum Gasteiger partial charge on any atom is -0.482 e. The van der Waals surface area contributed by atoms with E-state index in [2.05, 4.69) is 9.97 Å². The van der Waals surface area contributed by atoms with Gasteiger partial charge in [-0.25, -0.2) is 9.37 Å². The average molecular weight is 357 g/mol. The quantitative estimate of drug-likeness (QED) is 0.768. The number of hydrogen-bond donors (Lipinski definition) is 1. The van der Waals surface area contributed by atoms with Crippen molar-refractivity contribution in [2.24, 2.45) is 0 Å². The first-order valence-electron chi connectivity index (χ1n) is 8.14. The number of ether oxygens (including phenoxy) is 1. The zero-order valence-electron chi connectivity index (χ0n) is 13.7. The number of carbonyl (C=O) groups is 1. The number of rotatable bonds is 4. The van der Waals surface area contributed by atoms with E-state index in [0.717, 1.165) is 10.9 Å². The number of β-amino-alcohol motifs (C(OH)–C–C–N with tert-alkyl or cyclic N) is 1. The molecular formula is C18H16FN3O4. The zero-order chi connectivity index (χ0) is 18.1. The summed E-state index contributed by atoms with van der Waals surface area (Å²) in [6.07, 6.45) is 0.292. The summed E-state index contributed by atoms with van der Waals surface area (Å²) in [7, 11) is 0. The van der Waals surface area contributed by atoms with Gasteiger partial charge in [-0.15, -0.1) is 0 Å². The van der Waals surface area contributed by atoms with Crippen LogP contribution in [0.1, 0.15) is 16.4 Å². The third-order valence-corrected chi connectivity index (χ3v) is 4.22. The minimum atomic E-state index is -1.44. The van der Waals surface area contributed by atoms with Crippen LogP contribution >= 0.6 is 0 Å². The van der Waals surface area contributed by atoms with Gasteiger partial charge in [-0.05, 0) is 12.1 Å². The third kappa shape index (κ3) is 3.11. The van der Waals surface area contributed by atoms with Crippen molar-refractivity contribution in [3.8, 4) is 5.75 Å². The number of alkyl halides is 1. The van der Waals surface area contributed by atoms with Crippen LogP contribution in [-0.4, -0.2) is 51.2 Å². The van der Waals surface area contributed by atoms with Crippen LogP contribution in [0.3, 0.4) is 0 Å². The fourth-order valence-corrected chi connectivity index (χ4v) is 2.88. The molecule has 134 valence electrons.